The molecule has 154 valence electrons. The number of ether oxygens (including phenoxy) is 1. The van der Waals surface area contributed by atoms with E-state index in [1.54, 1.807) is 18.2 Å². The lowest BCUT2D eigenvalue weighted by Crippen LogP contribution is -2.41. The molecule has 0 saturated carbocycles. The van der Waals surface area contributed by atoms with Gasteiger partial charge in [0, 0.05) is 10.4 Å². The second-order valence-electron chi connectivity index (χ2n) is 6.90. The summed E-state index contributed by atoms with van der Waals surface area (Å²) in [5.74, 6) is 0.0408. The number of benzene rings is 2. The Labute approximate surface area is 180 Å². The van der Waals surface area contributed by atoms with Gasteiger partial charge < -0.3 is 15.4 Å². The highest BCUT2D eigenvalue weighted by molar-refractivity contribution is 7.10. The third-order valence-corrected chi connectivity index (χ3v) is 5.04. The number of thiophene rings is 1. The zero-order valence-corrected chi connectivity index (χ0v) is 17.7. The molecule has 0 fully saturated rings. The van der Waals surface area contributed by atoms with Crippen molar-refractivity contribution in [1.29, 1.82) is 0 Å². The van der Waals surface area contributed by atoms with Crippen LogP contribution in [0.15, 0.2) is 77.8 Å². The summed E-state index contributed by atoms with van der Waals surface area (Å²) in [6.07, 6.45) is 1.68. The predicted molar refractivity (Wildman–Crippen MR) is 120 cm³/mol. The van der Waals surface area contributed by atoms with Crippen LogP contribution in [-0.2, 0) is 4.79 Å². The highest BCUT2D eigenvalue weighted by atomic mass is 32.1. The Bertz CT molecular complexity index is 1010. The number of aryl methyl sites for hydroxylation is 1. The van der Waals surface area contributed by atoms with Crippen molar-refractivity contribution in [3.8, 4) is 5.75 Å². The Morgan fingerprint density at radius 2 is 1.87 bits per heavy atom. The molecule has 6 heteroatoms. The number of para-hydroxylation sites is 1. The molecule has 0 aliphatic heterocycles. The number of hydrogen-bond donors (Lipinski definition) is 2. The van der Waals surface area contributed by atoms with Gasteiger partial charge in [-0.05, 0) is 55.6 Å². The average molecular weight is 421 g/mol. The predicted octanol–water partition coefficient (Wildman–Crippen LogP) is 4.41. The fourth-order valence-corrected chi connectivity index (χ4v) is 3.39. The van der Waals surface area contributed by atoms with Gasteiger partial charge in [-0.25, -0.2) is 0 Å². The Morgan fingerprint density at radius 3 is 2.57 bits per heavy atom. The molecule has 1 heterocycles. The molecule has 30 heavy (non-hydrogen) atoms. The van der Waals surface area contributed by atoms with Crippen molar-refractivity contribution in [2.24, 2.45) is 0 Å². The molecular formula is C24H24N2O3S. The third-order valence-electron chi connectivity index (χ3n) is 4.22. The smallest absolute Gasteiger partial charge is 0.268 e. The van der Waals surface area contributed by atoms with Crippen molar-refractivity contribution in [3.63, 3.8) is 0 Å². The third kappa shape index (κ3) is 6.32. The molecular weight excluding hydrogens is 396 g/mol. The summed E-state index contributed by atoms with van der Waals surface area (Å²) in [6.45, 7) is 4.08. The van der Waals surface area contributed by atoms with Crippen LogP contribution in [0.25, 0.3) is 6.08 Å². The van der Waals surface area contributed by atoms with Crippen molar-refractivity contribution in [3.05, 3.63) is 93.8 Å². The van der Waals surface area contributed by atoms with Gasteiger partial charge in [-0.1, -0.05) is 42.0 Å². The summed E-state index contributed by atoms with van der Waals surface area (Å²) in [7, 11) is 0. The molecule has 5 nitrogen and oxygen atoms in total. The summed E-state index contributed by atoms with van der Waals surface area (Å²) < 4.78 is 5.70. The Morgan fingerprint density at radius 1 is 1.07 bits per heavy atom. The van der Waals surface area contributed by atoms with Gasteiger partial charge in [0.15, 0.2) is 0 Å². The van der Waals surface area contributed by atoms with Gasteiger partial charge >= 0.3 is 0 Å². The molecule has 2 N–H and O–H groups in total. The van der Waals surface area contributed by atoms with E-state index in [0.29, 0.717) is 12.2 Å². The largest absolute Gasteiger partial charge is 0.491 e. The number of carbonyl (C=O) groups is 2. The summed E-state index contributed by atoms with van der Waals surface area (Å²) >= 11 is 1.49. The van der Waals surface area contributed by atoms with Crippen LogP contribution in [0.4, 0.5) is 0 Å². The highest BCUT2D eigenvalue weighted by Gasteiger charge is 2.17. The fourth-order valence-electron chi connectivity index (χ4n) is 2.74. The van der Waals surface area contributed by atoms with Gasteiger partial charge in [-0.3, -0.25) is 9.59 Å². The number of carbonyl (C=O) groups excluding carboxylic acids is 2. The summed E-state index contributed by atoms with van der Waals surface area (Å²) in [6, 6.07) is 20.2. The van der Waals surface area contributed by atoms with E-state index in [2.05, 4.69) is 10.6 Å². The average Bonchev–Trinajstić information content (AvgIpc) is 3.25. The lowest BCUT2D eigenvalue weighted by molar-refractivity contribution is -0.118. The standard InChI is InChI=1S/C24H24N2O3S/c1-17-8-6-9-19(14-17)23(27)26-22(15-21-12-7-13-30-21)24(28)25-18(2)16-29-20-10-4-3-5-11-20/h3-15,18H,16H2,1-2H3,(H,25,28)(H,26,27)/b22-15-/t18-/m0/s1. The monoisotopic (exact) mass is 420 g/mol. The molecule has 1 atom stereocenters. The molecule has 0 unspecified atom stereocenters. The first-order valence-electron chi connectivity index (χ1n) is 9.63. The van der Waals surface area contributed by atoms with E-state index in [4.69, 9.17) is 4.74 Å². The van der Waals surface area contributed by atoms with Gasteiger partial charge in [0.05, 0.1) is 6.04 Å². The molecule has 2 aromatic carbocycles. The van der Waals surface area contributed by atoms with Gasteiger partial charge in [-0.15, -0.1) is 11.3 Å². The molecule has 3 aromatic rings. The van der Waals surface area contributed by atoms with Crippen LogP contribution in [-0.4, -0.2) is 24.5 Å². The van der Waals surface area contributed by atoms with E-state index in [0.717, 1.165) is 16.2 Å². The number of nitrogens with one attached hydrogen (secondary N) is 2. The van der Waals surface area contributed by atoms with E-state index in [1.165, 1.54) is 11.3 Å². The van der Waals surface area contributed by atoms with Crippen molar-refractivity contribution < 1.29 is 14.3 Å². The maximum Gasteiger partial charge on any atom is 0.268 e. The Kier molecular flexibility index (Phi) is 7.40. The zero-order chi connectivity index (χ0) is 21.3. The molecule has 0 aliphatic rings. The van der Waals surface area contributed by atoms with Crippen LogP contribution in [0.3, 0.4) is 0 Å². The second kappa shape index (κ2) is 10.4. The van der Waals surface area contributed by atoms with Gasteiger partial charge in [0.1, 0.15) is 18.1 Å². The molecule has 0 saturated heterocycles. The first-order chi connectivity index (χ1) is 14.5. The van der Waals surface area contributed by atoms with Gasteiger partial charge in [0.25, 0.3) is 11.8 Å². The van der Waals surface area contributed by atoms with Gasteiger partial charge in [0.2, 0.25) is 0 Å². The van der Waals surface area contributed by atoms with Gasteiger partial charge in [-0.2, -0.15) is 0 Å². The lowest BCUT2D eigenvalue weighted by Gasteiger charge is -2.17. The lowest BCUT2D eigenvalue weighted by atomic mass is 10.1. The Hall–Kier alpha value is -3.38. The van der Waals surface area contributed by atoms with Crippen molar-refractivity contribution in [2.45, 2.75) is 19.9 Å². The van der Waals surface area contributed by atoms with Crippen molar-refractivity contribution >= 4 is 29.2 Å². The second-order valence-corrected chi connectivity index (χ2v) is 7.87. The maximum absolute atomic E-state index is 12.9. The molecule has 0 bridgehead atoms. The van der Waals surface area contributed by atoms with Crippen LogP contribution in [0.5, 0.6) is 5.75 Å². The minimum atomic E-state index is -0.367. The molecule has 0 radical (unpaired) electrons. The maximum atomic E-state index is 12.9. The Balaban J connectivity index is 1.68. The van der Waals surface area contributed by atoms with E-state index in [9.17, 15) is 9.59 Å². The van der Waals surface area contributed by atoms with Crippen LogP contribution >= 0.6 is 11.3 Å². The first kappa shape index (κ1) is 21.3. The quantitative estimate of drug-likeness (QED) is 0.531. The van der Waals surface area contributed by atoms with E-state index < -0.39 is 0 Å². The number of rotatable bonds is 8. The SMILES string of the molecule is Cc1cccc(C(=O)N/C(=C\c2cccs2)C(=O)N[C@@H](C)COc2ccccc2)c1. The van der Waals surface area contributed by atoms with Crippen molar-refractivity contribution in [1.82, 2.24) is 10.6 Å². The molecule has 0 spiro atoms. The fraction of sp³-hybridized carbons (Fsp3) is 0.167. The number of hydrogen-bond acceptors (Lipinski definition) is 4. The zero-order valence-electron chi connectivity index (χ0n) is 16.9. The number of amides is 2. The van der Waals surface area contributed by atoms with E-state index >= 15 is 0 Å². The van der Waals surface area contributed by atoms with Crippen LogP contribution in [0.2, 0.25) is 0 Å². The van der Waals surface area contributed by atoms with Crippen molar-refractivity contribution in [2.75, 3.05) is 6.61 Å². The topological polar surface area (TPSA) is 67.4 Å². The normalized spacial score (nSPS) is 12.1. The summed E-state index contributed by atoms with van der Waals surface area (Å²) in [5, 5.41) is 7.56. The minimum absolute atomic E-state index is 0.190. The first-order valence-corrected chi connectivity index (χ1v) is 10.5. The molecule has 0 aliphatic carbocycles. The minimum Gasteiger partial charge on any atom is -0.491 e. The van der Waals surface area contributed by atoms with E-state index in [1.807, 2.05) is 73.8 Å². The van der Waals surface area contributed by atoms with Crippen LogP contribution in [0, 0.1) is 6.92 Å². The molecule has 2 amide bonds. The van der Waals surface area contributed by atoms with E-state index in [-0.39, 0.29) is 23.6 Å². The summed E-state index contributed by atoms with van der Waals surface area (Å²) in [5.41, 5.74) is 1.67. The molecule has 3 rings (SSSR count). The van der Waals surface area contributed by atoms with Crippen LogP contribution in [0.1, 0.15) is 27.7 Å². The summed E-state index contributed by atoms with van der Waals surface area (Å²) in [4.78, 5) is 26.4. The highest BCUT2D eigenvalue weighted by Crippen LogP contribution is 2.14. The molecule has 1 aromatic heterocycles. The van der Waals surface area contributed by atoms with Crippen LogP contribution < -0.4 is 15.4 Å².